The zero-order valence-corrected chi connectivity index (χ0v) is 15.2. The first-order chi connectivity index (χ1) is 10.8. The highest BCUT2D eigenvalue weighted by atomic mass is 35.5. The number of halogens is 1. The molecule has 0 spiro atoms. The number of nitrogens with one attached hydrogen (secondary N) is 1. The van der Waals surface area contributed by atoms with Gasteiger partial charge in [-0.2, -0.15) is 0 Å². The van der Waals surface area contributed by atoms with Crippen molar-refractivity contribution in [2.75, 3.05) is 39.8 Å². The van der Waals surface area contributed by atoms with E-state index in [1.807, 2.05) is 0 Å². The van der Waals surface area contributed by atoms with Crippen LogP contribution in [0, 0.1) is 5.92 Å². The number of likely N-dealkylation sites (tertiary alicyclic amines) is 1. The maximum atomic E-state index is 3.54. The zero-order valence-electron chi connectivity index (χ0n) is 14.4. The smallest absolute Gasteiger partial charge is 0.0233 e. The highest BCUT2D eigenvalue weighted by Gasteiger charge is 2.24. The van der Waals surface area contributed by atoms with Crippen molar-refractivity contribution in [2.45, 2.75) is 38.3 Å². The minimum atomic E-state index is 0. The predicted octanol–water partition coefficient (Wildman–Crippen LogP) is 3.00. The highest BCUT2D eigenvalue weighted by Crippen LogP contribution is 2.20. The molecular formula is C19H32ClN3. The lowest BCUT2D eigenvalue weighted by molar-refractivity contribution is 0.107. The van der Waals surface area contributed by atoms with Gasteiger partial charge in [0, 0.05) is 19.1 Å². The normalized spacial score (nSPS) is 23.7. The third kappa shape index (κ3) is 5.75. The molecule has 23 heavy (non-hydrogen) atoms. The number of hydrogen-bond acceptors (Lipinski definition) is 3. The van der Waals surface area contributed by atoms with E-state index in [1.165, 1.54) is 64.0 Å². The van der Waals surface area contributed by atoms with Crippen LogP contribution in [0.3, 0.4) is 0 Å². The molecule has 1 unspecified atom stereocenters. The summed E-state index contributed by atoms with van der Waals surface area (Å²) in [6, 6.07) is 11.7. The average molecular weight is 338 g/mol. The van der Waals surface area contributed by atoms with Gasteiger partial charge in [0.2, 0.25) is 0 Å². The second kappa shape index (κ2) is 9.63. The zero-order chi connectivity index (χ0) is 15.2. The molecule has 0 bridgehead atoms. The first-order valence-corrected chi connectivity index (χ1v) is 8.98. The van der Waals surface area contributed by atoms with Crippen molar-refractivity contribution in [2.24, 2.45) is 5.92 Å². The predicted molar refractivity (Wildman–Crippen MR) is 100 cm³/mol. The number of piperidine rings is 2. The van der Waals surface area contributed by atoms with Crippen LogP contribution in [0.2, 0.25) is 0 Å². The molecule has 2 aliphatic heterocycles. The molecule has 1 N–H and O–H groups in total. The fourth-order valence-electron chi connectivity index (χ4n) is 4.00. The van der Waals surface area contributed by atoms with Crippen molar-refractivity contribution in [3.05, 3.63) is 35.9 Å². The highest BCUT2D eigenvalue weighted by molar-refractivity contribution is 5.85. The Morgan fingerprint density at radius 2 is 1.87 bits per heavy atom. The summed E-state index contributed by atoms with van der Waals surface area (Å²) in [7, 11) is 2.34. The Bertz CT molecular complexity index is 426. The largest absolute Gasteiger partial charge is 0.316 e. The molecule has 2 fully saturated rings. The summed E-state index contributed by atoms with van der Waals surface area (Å²) in [6.07, 6.45) is 5.41. The Hall–Kier alpha value is -0.610. The summed E-state index contributed by atoms with van der Waals surface area (Å²) in [5.74, 6) is 0.862. The van der Waals surface area contributed by atoms with Crippen LogP contribution in [-0.2, 0) is 6.54 Å². The maximum absolute atomic E-state index is 3.54. The van der Waals surface area contributed by atoms with Gasteiger partial charge in [-0.15, -0.1) is 12.4 Å². The first-order valence-electron chi connectivity index (χ1n) is 8.98. The Morgan fingerprint density at radius 1 is 1.13 bits per heavy atom. The molecule has 1 atom stereocenters. The number of benzene rings is 1. The summed E-state index contributed by atoms with van der Waals surface area (Å²) in [6.45, 7) is 7.31. The Morgan fingerprint density at radius 3 is 2.52 bits per heavy atom. The summed E-state index contributed by atoms with van der Waals surface area (Å²) in [4.78, 5) is 5.25. The van der Waals surface area contributed by atoms with Crippen molar-refractivity contribution in [1.82, 2.24) is 15.1 Å². The summed E-state index contributed by atoms with van der Waals surface area (Å²) in [5, 5.41) is 3.54. The van der Waals surface area contributed by atoms with Crippen LogP contribution < -0.4 is 5.32 Å². The van der Waals surface area contributed by atoms with Gasteiger partial charge in [-0.3, -0.25) is 4.90 Å². The van der Waals surface area contributed by atoms with Gasteiger partial charge in [0.25, 0.3) is 0 Å². The van der Waals surface area contributed by atoms with Crippen molar-refractivity contribution in [3.63, 3.8) is 0 Å². The number of hydrogen-bond donors (Lipinski definition) is 1. The van der Waals surface area contributed by atoms with Gasteiger partial charge in [0.1, 0.15) is 0 Å². The van der Waals surface area contributed by atoms with Crippen LogP contribution in [0.4, 0.5) is 0 Å². The van der Waals surface area contributed by atoms with E-state index in [2.05, 4.69) is 52.5 Å². The van der Waals surface area contributed by atoms with Gasteiger partial charge in [-0.1, -0.05) is 30.3 Å². The van der Waals surface area contributed by atoms with Crippen molar-refractivity contribution >= 4 is 12.4 Å². The van der Waals surface area contributed by atoms with E-state index in [1.54, 1.807) is 0 Å². The van der Waals surface area contributed by atoms with Crippen LogP contribution in [0.5, 0.6) is 0 Å². The van der Waals surface area contributed by atoms with Crippen molar-refractivity contribution in [1.29, 1.82) is 0 Å². The molecule has 0 saturated carbocycles. The molecule has 1 aromatic carbocycles. The minimum absolute atomic E-state index is 0. The van der Waals surface area contributed by atoms with Gasteiger partial charge in [0.05, 0.1) is 0 Å². The lowest BCUT2D eigenvalue weighted by Crippen LogP contribution is -2.46. The topological polar surface area (TPSA) is 18.5 Å². The SMILES string of the molecule is CN(CC1CCCNC1)C1CCN(Cc2ccccc2)CC1.Cl. The van der Waals surface area contributed by atoms with Gasteiger partial charge in [-0.05, 0) is 70.4 Å². The van der Waals surface area contributed by atoms with E-state index in [-0.39, 0.29) is 12.4 Å². The van der Waals surface area contributed by atoms with Gasteiger partial charge < -0.3 is 10.2 Å². The monoisotopic (exact) mass is 337 g/mol. The minimum Gasteiger partial charge on any atom is -0.316 e. The lowest BCUT2D eigenvalue weighted by atomic mass is 9.96. The van der Waals surface area contributed by atoms with Gasteiger partial charge in [0.15, 0.2) is 0 Å². The van der Waals surface area contributed by atoms with Crippen LogP contribution in [0.25, 0.3) is 0 Å². The van der Waals surface area contributed by atoms with E-state index in [0.717, 1.165) is 18.5 Å². The molecule has 3 rings (SSSR count). The molecule has 0 aromatic heterocycles. The van der Waals surface area contributed by atoms with Crippen molar-refractivity contribution in [3.8, 4) is 0 Å². The second-order valence-corrected chi connectivity index (χ2v) is 7.14. The van der Waals surface area contributed by atoms with E-state index in [0.29, 0.717) is 0 Å². The number of rotatable bonds is 5. The van der Waals surface area contributed by atoms with Crippen LogP contribution in [0.15, 0.2) is 30.3 Å². The fraction of sp³-hybridized carbons (Fsp3) is 0.684. The molecule has 2 aliphatic rings. The molecule has 0 amide bonds. The molecule has 2 saturated heterocycles. The molecule has 130 valence electrons. The Kier molecular flexibility index (Phi) is 7.84. The molecule has 0 radical (unpaired) electrons. The molecule has 1 aromatic rings. The summed E-state index contributed by atoms with van der Waals surface area (Å²) >= 11 is 0. The van der Waals surface area contributed by atoms with E-state index in [4.69, 9.17) is 0 Å². The molecule has 0 aliphatic carbocycles. The van der Waals surface area contributed by atoms with E-state index in [9.17, 15) is 0 Å². The van der Waals surface area contributed by atoms with E-state index < -0.39 is 0 Å². The molecule has 3 nitrogen and oxygen atoms in total. The van der Waals surface area contributed by atoms with Crippen LogP contribution in [0.1, 0.15) is 31.2 Å². The van der Waals surface area contributed by atoms with Gasteiger partial charge in [-0.25, -0.2) is 0 Å². The fourth-order valence-corrected chi connectivity index (χ4v) is 4.00. The van der Waals surface area contributed by atoms with Gasteiger partial charge >= 0.3 is 0 Å². The van der Waals surface area contributed by atoms with Crippen molar-refractivity contribution < 1.29 is 0 Å². The number of nitrogens with zero attached hydrogens (tertiary/aromatic N) is 2. The average Bonchev–Trinajstić information content (AvgIpc) is 2.57. The lowest BCUT2D eigenvalue weighted by Gasteiger charge is -2.38. The maximum Gasteiger partial charge on any atom is 0.0233 e. The quantitative estimate of drug-likeness (QED) is 0.891. The summed E-state index contributed by atoms with van der Waals surface area (Å²) in [5.41, 5.74) is 1.45. The molecule has 2 heterocycles. The molecular weight excluding hydrogens is 306 g/mol. The summed E-state index contributed by atoms with van der Waals surface area (Å²) < 4.78 is 0. The third-order valence-corrected chi connectivity index (χ3v) is 5.37. The van der Waals surface area contributed by atoms with E-state index >= 15 is 0 Å². The first kappa shape index (κ1) is 18.7. The third-order valence-electron chi connectivity index (χ3n) is 5.37. The van der Waals surface area contributed by atoms with Crippen LogP contribution in [-0.4, -0.2) is 55.6 Å². The Labute approximate surface area is 147 Å². The Balaban J connectivity index is 0.00000192. The standard InChI is InChI=1S/C19H31N3.ClH/c1-21(15-18-8-5-11-20-14-18)19-9-12-22(13-10-19)16-17-6-3-2-4-7-17;/h2-4,6-7,18-20H,5,8-16H2,1H3;1H. The second-order valence-electron chi connectivity index (χ2n) is 7.14. The molecule has 4 heteroatoms. The van der Waals surface area contributed by atoms with Crippen LogP contribution >= 0.6 is 12.4 Å².